The number of aromatic nitrogens is 1. The van der Waals surface area contributed by atoms with Gasteiger partial charge in [-0.15, -0.1) is 11.3 Å². The summed E-state index contributed by atoms with van der Waals surface area (Å²) in [7, 11) is 0. The van der Waals surface area contributed by atoms with Crippen LogP contribution in [0.3, 0.4) is 0 Å². The number of thiophene rings is 1. The lowest BCUT2D eigenvalue weighted by atomic mass is 9.87. The van der Waals surface area contributed by atoms with Gasteiger partial charge in [0.2, 0.25) is 0 Å². The van der Waals surface area contributed by atoms with Crippen LogP contribution in [-0.4, -0.2) is 4.57 Å². The molecule has 8 rings (SSSR count). The van der Waals surface area contributed by atoms with E-state index in [0.717, 1.165) is 6.42 Å². The van der Waals surface area contributed by atoms with E-state index in [1.165, 1.54) is 91.5 Å². The van der Waals surface area contributed by atoms with Crippen LogP contribution in [0.25, 0.3) is 88.5 Å². The van der Waals surface area contributed by atoms with Crippen LogP contribution in [0.2, 0.25) is 0 Å². The lowest BCUT2D eigenvalue weighted by Crippen LogP contribution is -2.07. The maximum absolute atomic E-state index is 4.33. The largest absolute Gasteiger partial charge is 0.309 e. The first-order valence-corrected chi connectivity index (χ1v) is 16.3. The van der Waals surface area contributed by atoms with Crippen molar-refractivity contribution >= 4 is 83.0 Å². The van der Waals surface area contributed by atoms with Gasteiger partial charge in [-0.3, -0.25) is 0 Å². The van der Waals surface area contributed by atoms with Gasteiger partial charge in [0.05, 0.1) is 11.0 Å². The number of aryl methyl sites for hydroxylation is 1. The maximum atomic E-state index is 4.33. The van der Waals surface area contributed by atoms with Gasteiger partial charge in [0.1, 0.15) is 0 Å². The molecule has 44 heavy (non-hydrogen) atoms. The molecule has 6 aromatic carbocycles. The molecule has 0 N–H and O–H groups in total. The minimum absolute atomic E-state index is 1.02. The first-order chi connectivity index (χ1) is 21.7. The average Bonchev–Trinajstić information content (AvgIpc) is 3.61. The number of nitrogens with zero attached hydrogens (tertiary/aromatic N) is 1. The molecule has 212 valence electrons. The molecule has 0 saturated heterocycles. The zero-order chi connectivity index (χ0) is 29.9. The highest BCUT2D eigenvalue weighted by Gasteiger charge is 2.21. The van der Waals surface area contributed by atoms with Crippen molar-refractivity contribution in [2.75, 3.05) is 0 Å². The highest BCUT2D eigenvalue weighted by Crippen LogP contribution is 2.44. The summed E-state index contributed by atoms with van der Waals surface area (Å²) in [6, 6.07) is 35.6. The van der Waals surface area contributed by atoms with Crippen molar-refractivity contribution in [3.05, 3.63) is 131 Å². The molecule has 8 aromatic rings. The maximum Gasteiger partial charge on any atom is 0.0541 e. The van der Waals surface area contributed by atoms with E-state index < -0.39 is 0 Å². The first kappa shape index (κ1) is 26.7. The van der Waals surface area contributed by atoms with Gasteiger partial charge in [0.25, 0.3) is 0 Å². The van der Waals surface area contributed by atoms with E-state index in [-0.39, 0.29) is 0 Å². The summed E-state index contributed by atoms with van der Waals surface area (Å²) in [6.07, 6.45) is 9.85. The standard InChI is InChI=1S/C42H33NS/c1-5-15-32-38(8-4)44-42-33-20-14-19-31-34(24-26(6-2)39(40(31)33)29(7-3)41(32)42)27-22-23-37-35(25-27)30-18-12-13-21-36(30)43(37)28-16-10-9-11-17-28/h5-7,9-25H,2,8H2,1,3-4H3/b15-5-,29-7+. The molecule has 0 aliphatic carbocycles. The van der Waals surface area contributed by atoms with Crippen LogP contribution in [0.15, 0.2) is 110 Å². The Hall–Kier alpha value is -4.92. The summed E-state index contributed by atoms with van der Waals surface area (Å²) < 4.78 is 3.76. The number of hydrogen-bond acceptors (Lipinski definition) is 1. The predicted octanol–water partition coefficient (Wildman–Crippen LogP) is 11.7. The minimum Gasteiger partial charge on any atom is -0.309 e. The Labute approximate surface area is 261 Å². The number of hydrogen-bond donors (Lipinski definition) is 0. The zero-order valence-electron chi connectivity index (χ0n) is 25.3. The smallest absolute Gasteiger partial charge is 0.0541 e. The van der Waals surface area contributed by atoms with Crippen molar-refractivity contribution < 1.29 is 0 Å². The van der Waals surface area contributed by atoms with Crippen LogP contribution in [0, 0.1) is 0 Å². The van der Waals surface area contributed by atoms with Gasteiger partial charge in [0.15, 0.2) is 0 Å². The van der Waals surface area contributed by atoms with Crippen molar-refractivity contribution in [1.29, 1.82) is 0 Å². The van der Waals surface area contributed by atoms with Crippen molar-refractivity contribution in [3.63, 3.8) is 0 Å². The van der Waals surface area contributed by atoms with Gasteiger partial charge >= 0.3 is 0 Å². The Morgan fingerprint density at radius 3 is 2.25 bits per heavy atom. The summed E-state index contributed by atoms with van der Waals surface area (Å²) in [5.41, 5.74) is 8.64. The van der Waals surface area contributed by atoms with Crippen molar-refractivity contribution in [2.45, 2.75) is 27.2 Å². The van der Waals surface area contributed by atoms with Gasteiger partial charge in [-0.2, -0.15) is 0 Å². The van der Waals surface area contributed by atoms with Crippen molar-refractivity contribution in [1.82, 2.24) is 4.57 Å². The number of fused-ring (bicyclic) bond motifs is 5. The third-order valence-electron chi connectivity index (χ3n) is 9.16. The molecule has 0 unspecified atom stereocenters. The number of rotatable bonds is 5. The molecule has 2 aromatic heterocycles. The van der Waals surface area contributed by atoms with Crippen molar-refractivity contribution in [3.8, 4) is 16.8 Å². The second-order valence-corrected chi connectivity index (χ2v) is 12.5. The van der Waals surface area contributed by atoms with E-state index in [1.54, 1.807) is 0 Å². The van der Waals surface area contributed by atoms with E-state index in [0.29, 0.717) is 0 Å². The first-order valence-electron chi connectivity index (χ1n) is 15.4. The molecule has 0 saturated carbocycles. The monoisotopic (exact) mass is 583 g/mol. The topological polar surface area (TPSA) is 4.93 Å². The lowest BCUT2D eigenvalue weighted by molar-refractivity contribution is 1.18. The normalized spacial score (nSPS) is 12.7. The molecule has 0 amide bonds. The van der Waals surface area contributed by atoms with Gasteiger partial charge in [-0.1, -0.05) is 98.5 Å². The van der Waals surface area contributed by atoms with Crippen LogP contribution in [0.4, 0.5) is 0 Å². The summed E-state index contributed by atoms with van der Waals surface area (Å²) in [5.74, 6) is 0. The molecular weight excluding hydrogens is 551 g/mol. The Bertz CT molecular complexity index is 2500. The van der Waals surface area contributed by atoms with Crippen LogP contribution in [-0.2, 0) is 6.42 Å². The second kappa shape index (κ2) is 10.4. The Kier molecular flexibility index (Phi) is 6.29. The Morgan fingerprint density at radius 1 is 0.727 bits per heavy atom. The quantitative estimate of drug-likeness (QED) is 0.190. The summed E-state index contributed by atoms with van der Waals surface area (Å²) in [5, 5.41) is 10.5. The number of benzene rings is 6. The van der Waals surface area contributed by atoms with E-state index in [1.807, 2.05) is 17.4 Å². The molecule has 0 atom stereocenters. The van der Waals surface area contributed by atoms with E-state index >= 15 is 0 Å². The third kappa shape index (κ3) is 3.71. The molecule has 2 heteroatoms. The molecule has 0 spiro atoms. The molecule has 0 aliphatic rings. The molecule has 0 fully saturated rings. The number of para-hydroxylation sites is 2. The van der Waals surface area contributed by atoms with Crippen LogP contribution in [0.5, 0.6) is 0 Å². The fraction of sp³-hybridized carbons (Fsp3) is 0.0952. The van der Waals surface area contributed by atoms with Gasteiger partial charge in [0, 0.05) is 36.8 Å². The van der Waals surface area contributed by atoms with Crippen molar-refractivity contribution in [2.24, 2.45) is 0 Å². The van der Waals surface area contributed by atoms with Crippen LogP contribution < -0.4 is 5.22 Å². The minimum atomic E-state index is 1.02. The van der Waals surface area contributed by atoms with Gasteiger partial charge in [-0.25, -0.2) is 0 Å². The average molecular weight is 584 g/mol. The van der Waals surface area contributed by atoms with Crippen LogP contribution in [0.1, 0.15) is 36.8 Å². The summed E-state index contributed by atoms with van der Waals surface area (Å²) >= 11 is 1.96. The van der Waals surface area contributed by atoms with E-state index in [4.69, 9.17) is 0 Å². The van der Waals surface area contributed by atoms with Gasteiger partial charge < -0.3 is 4.57 Å². The fourth-order valence-corrected chi connectivity index (χ4v) is 8.61. The summed E-state index contributed by atoms with van der Waals surface area (Å²) in [6.45, 7) is 10.9. The molecule has 0 bridgehead atoms. The van der Waals surface area contributed by atoms with E-state index in [2.05, 4.69) is 147 Å². The SMILES string of the molecule is C=Cc1cc(-c2ccc3c(c2)c2ccccc2n3-c2ccccc2)c2cccc3c4sc(CC)c(/C=C\C)c4/c(=C/C)c1c23. The molecule has 0 radical (unpaired) electrons. The number of allylic oxidation sites excluding steroid dienone is 1. The Balaban J connectivity index is 1.49. The highest BCUT2D eigenvalue weighted by molar-refractivity contribution is 7.20. The zero-order valence-corrected chi connectivity index (χ0v) is 26.1. The second-order valence-electron chi connectivity index (χ2n) is 11.4. The van der Waals surface area contributed by atoms with E-state index in [9.17, 15) is 0 Å². The molecule has 0 aliphatic heterocycles. The lowest BCUT2D eigenvalue weighted by Gasteiger charge is -2.16. The van der Waals surface area contributed by atoms with Gasteiger partial charge in [-0.05, 0) is 100 Å². The molecular formula is C42H33NS. The fourth-order valence-electron chi connectivity index (χ4n) is 7.34. The predicted molar refractivity (Wildman–Crippen MR) is 196 cm³/mol. The highest BCUT2D eigenvalue weighted by atomic mass is 32.1. The summed E-state index contributed by atoms with van der Waals surface area (Å²) in [4.78, 5) is 1.44. The van der Waals surface area contributed by atoms with Crippen LogP contribution >= 0.6 is 11.3 Å². The molecule has 2 heterocycles. The third-order valence-corrected chi connectivity index (χ3v) is 10.5. The molecule has 1 nitrogen and oxygen atoms in total. The Morgan fingerprint density at radius 2 is 1.48 bits per heavy atom.